The van der Waals surface area contributed by atoms with Gasteiger partial charge >= 0.3 is 12.1 Å². The number of rotatable bonds is 10. The highest BCUT2D eigenvalue weighted by Crippen LogP contribution is 2.37. The van der Waals surface area contributed by atoms with E-state index < -0.39 is 41.1 Å². The number of nitrogens with zero attached hydrogens (tertiary/aromatic N) is 1. The molecule has 4 atom stereocenters. The molecule has 0 fully saturated rings. The number of amides is 2. The molecule has 1 aliphatic heterocycles. The van der Waals surface area contributed by atoms with Crippen LogP contribution in [-0.4, -0.2) is 52.5 Å². The Morgan fingerprint density at radius 3 is 2.27 bits per heavy atom. The number of hydrogen-bond acceptors (Lipinski definition) is 5. The van der Waals surface area contributed by atoms with Crippen molar-refractivity contribution in [2.75, 3.05) is 11.4 Å². The minimum atomic E-state index is -1.13. The molecule has 2 aromatic carbocycles. The topological polar surface area (TPSA) is 116 Å². The third-order valence-electron chi connectivity index (χ3n) is 7.31. The van der Waals surface area contributed by atoms with E-state index >= 15 is 0 Å². The van der Waals surface area contributed by atoms with Crippen molar-refractivity contribution in [1.82, 2.24) is 5.32 Å². The summed E-state index contributed by atoms with van der Waals surface area (Å²) in [6.45, 7) is 11.2. The van der Waals surface area contributed by atoms with Crippen molar-refractivity contribution in [3.05, 3.63) is 65.7 Å². The average Bonchev–Trinajstić information content (AvgIpc) is 2.86. The molecule has 8 heteroatoms. The number of para-hydroxylation sites is 1. The molecule has 0 aliphatic carbocycles. The highest BCUT2D eigenvalue weighted by Gasteiger charge is 2.36. The molecule has 0 spiro atoms. The Morgan fingerprint density at radius 1 is 1.02 bits per heavy atom. The molecule has 0 bridgehead atoms. The zero-order valence-electron chi connectivity index (χ0n) is 24.5. The first-order valence-corrected chi connectivity index (χ1v) is 14.0. The maximum absolute atomic E-state index is 13.9. The second-order valence-electron chi connectivity index (χ2n) is 12.8. The first-order chi connectivity index (χ1) is 18.6. The Morgan fingerprint density at radius 2 is 1.65 bits per heavy atom. The Bertz CT molecular complexity index is 1170. The summed E-state index contributed by atoms with van der Waals surface area (Å²) in [4.78, 5) is 39.8. The molecule has 1 heterocycles. The van der Waals surface area contributed by atoms with Crippen LogP contribution < -0.4 is 10.2 Å². The van der Waals surface area contributed by atoms with E-state index in [4.69, 9.17) is 4.74 Å². The molecule has 0 unspecified atom stereocenters. The molecule has 0 radical (unpaired) electrons. The molecule has 218 valence electrons. The average molecular weight is 553 g/mol. The zero-order valence-corrected chi connectivity index (χ0v) is 24.5. The van der Waals surface area contributed by atoms with Crippen molar-refractivity contribution < 1.29 is 29.3 Å². The lowest BCUT2D eigenvalue weighted by Gasteiger charge is -2.38. The van der Waals surface area contributed by atoms with Gasteiger partial charge in [0.25, 0.3) is 0 Å². The zero-order chi connectivity index (χ0) is 29.7. The van der Waals surface area contributed by atoms with Crippen LogP contribution >= 0.6 is 0 Å². The Hall–Kier alpha value is -3.39. The number of nitrogens with one attached hydrogen (secondary N) is 1. The first-order valence-electron chi connectivity index (χ1n) is 14.0. The summed E-state index contributed by atoms with van der Waals surface area (Å²) in [5.41, 5.74) is 1.85. The van der Waals surface area contributed by atoms with Gasteiger partial charge < -0.3 is 25.2 Å². The Balaban J connectivity index is 1.79. The van der Waals surface area contributed by atoms with Gasteiger partial charge in [0.1, 0.15) is 5.60 Å². The van der Waals surface area contributed by atoms with Crippen LogP contribution in [0.15, 0.2) is 54.6 Å². The fourth-order valence-corrected chi connectivity index (χ4v) is 5.32. The van der Waals surface area contributed by atoms with Gasteiger partial charge in [0.2, 0.25) is 5.91 Å². The number of alkyl carbamates (subject to hydrolysis) is 1. The van der Waals surface area contributed by atoms with E-state index in [1.807, 2.05) is 55.1 Å². The number of aliphatic carboxylic acids is 1. The SMILES string of the molecule is C[C@H](C[C@H](O)[C@H](CC(C)(C)CC(=O)N1C[C@@H](c2ccccc2)Cc2ccccc21)NC(=O)OC(C)(C)C)C(=O)O. The van der Waals surface area contributed by atoms with E-state index in [-0.39, 0.29) is 31.1 Å². The summed E-state index contributed by atoms with van der Waals surface area (Å²) >= 11 is 0. The Labute approximate surface area is 237 Å². The molecule has 0 aromatic heterocycles. The maximum atomic E-state index is 13.9. The van der Waals surface area contributed by atoms with E-state index in [1.165, 1.54) is 12.5 Å². The van der Waals surface area contributed by atoms with Crippen LogP contribution in [0.2, 0.25) is 0 Å². The van der Waals surface area contributed by atoms with Crippen LogP contribution in [0, 0.1) is 11.3 Å². The first kappa shape index (κ1) is 31.1. The fraction of sp³-hybridized carbons (Fsp3) is 0.531. The lowest BCUT2D eigenvalue weighted by molar-refractivity contribution is -0.142. The van der Waals surface area contributed by atoms with Crippen molar-refractivity contribution in [2.24, 2.45) is 11.3 Å². The van der Waals surface area contributed by atoms with Gasteiger partial charge in [0, 0.05) is 24.6 Å². The number of carboxylic acid groups (broad SMARTS) is 1. The molecule has 0 saturated heterocycles. The van der Waals surface area contributed by atoms with Gasteiger partial charge in [-0.1, -0.05) is 69.3 Å². The van der Waals surface area contributed by atoms with Crippen molar-refractivity contribution in [2.45, 2.75) is 90.9 Å². The summed E-state index contributed by atoms with van der Waals surface area (Å²) in [6.07, 6.45) is -0.593. The number of ether oxygens (including phenoxy) is 1. The normalized spacial score (nSPS) is 17.8. The van der Waals surface area contributed by atoms with Gasteiger partial charge in [-0.2, -0.15) is 0 Å². The molecule has 2 amide bonds. The summed E-state index contributed by atoms with van der Waals surface area (Å²) in [6, 6.07) is 17.4. The second kappa shape index (κ2) is 12.9. The van der Waals surface area contributed by atoms with E-state index in [9.17, 15) is 24.6 Å². The maximum Gasteiger partial charge on any atom is 0.407 e. The summed E-state index contributed by atoms with van der Waals surface area (Å²) in [7, 11) is 0. The lowest BCUT2D eigenvalue weighted by atomic mass is 9.79. The van der Waals surface area contributed by atoms with Gasteiger partial charge in [0.15, 0.2) is 0 Å². The predicted molar refractivity (Wildman–Crippen MR) is 155 cm³/mol. The van der Waals surface area contributed by atoms with Gasteiger partial charge in [-0.3, -0.25) is 9.59 Å². The molecule has 3 rings (SSSR count). The number of anilines is 1. The number of benzene rings is 2. The molecular weight excluding hydrogens is 508 g/mol. The monoisotopic (exact) mass is 552 g/mol. The third-order valence-corrected chi connectivity index (χ3v) is 7.31. The molecule has 1 aliphatic rings. The van der Waals surface area contributed by atoms with Gasteiger partial charge in [-0.05, 0) is 62.6 Å². The summed E-state index contributed by atoms with van der Waals surface area (Å²) in [5.74, 6) is -1.70. The van der Waals surface area contributed by atoms with Gasteiger partial charge in [-0.25, -0.2) is 4.79 Å². The fourth-order valence-electron chi connectivity index (χ4n) is 5.32. The predicted octanol–water partition coefficient (Wildman–Crippen LogP) is 5.53. The van der Waals surface area contributed by atoms with Crippen molar-refractivity contribution in [3.8, 4) is 0 Å². The molecule has 2 aromatic rings. The molecule has 8 nitrogen and oxygen atoms in total. The minimum Gasteiger partial charge on any atom is -0.481 e. The minimum absolute atomic E-state index is 0.0394. The van der Waals surface area contributed by atoms with E-state index in [0.717, 1.165) is 17.7 Å². The summed E-state index contributed by atoms with van der Waals surface area (Å²) in [5, 5.41) is 23.1. The number of carbonyl (C=O) groups excluding carboxylic acids is 2. The van der Waals surface area contributed by atoms with Crippen LogP contribution in [0.25, 0.3) is 0 Å². The van der Waals surface area contributed by atoms with Crippen LogP contribution in [0.1, 0.15) is 77.8 Å². The van der Waals surface area contributed by atoms with Crippen molar-refractivity contribution in [3.63, 3.8) is 0 Å². The largest absolute Gasteiger partial charge is 0.481 e. The summed E-state index contributed by atoms with van der Waals surface area (Å²) < 4.78 is 5.40. The number of aliphatic hydroxyl groups is 1. The highest BCUT2D eigenvalue weighted by molar-refractivity contribution is 5.95. The smallest absolute Gasteiger partial charge is 0.407 e. The molecule has 0 saturated carbocycles. The number of fused-ring (bicyclic) bond motifs is 1. The van der Waals surface area contributed by atoms with E-state index in [1.54, 1.807) is 20.8 Å². The van der Waals surface area contributed by atoms with Crippen LogP contribution in [0.5, 0.6) is 0 Å². The van der Waals surface area contributed by atoms with E-state index in [2.05, 4.69) is 23.5 Å². The molecule has 3 N–H and O–H groups in total. The highest BCUT2D eigenvalue weighted by atomic mass is 16.6. The number of carbonyl (C=O) groups is 3. The second-order valence-corrected chi connectivity index (χ2v) is 12.8. The van der Waals surface area contributed by atoms with E-state index in [0.29, 0.717) is 6.54 Å². The number of carboxylic acids is 1. The van der Waals surface area contributed by atoms with Gasteiger partial charge in [0.05, 0.1) is 18.1 Å². The quantitative estimate of drug-likeness (QED) is 0.357. The molecular formula is C32H44N2O6. The van der Waals surface area contributed by atoms with Crippen LogP contribution in [-0.2, 0) is 20.7 Å². The van der Waals surface area contributed by atoms with Crippen LogP contribution in [0.4, 0.5) is 10.5 Å². The van der Waals surface area contributed by atoms with Gasteiger partial charge in [-0.15, -0.1) is 0 Å². The number of aliphatic hydroxyl groups excluding tert-OH is 1. The number of hydrogen-bond donors (Lipinski definition) is 3. The molecule has 40 heavy (non-hydrogen) atoms. The Kier molecular flexibility index (Phi) is 10.0. The van der Waals surface area contributed by atoms with Crippen molar-refractivity contribution in [1.29, 1.82) is 0 Å². The third kappa shape index (κ3) is 8.81. The standard InChI is InChI=1S/C32H44N2O6/c1-21(29(37)38)16-27(35)25(33-30(39)40-31(2,3)4)18-32(5,6)19-28(36)34-20-24(22-12-8-7-9-13-22)17-23-14-10-11-15-26(23)34/h7-15,21,24-25,27,35H,16-20H2,1-6H3,(H,33,39)(H,37,38)/t21-,24+,25+,27+/m1/s1. The van der Waals surface area contributed by atoms with Crippen molar-refractivity contribution >= 4 is 23.7 Å². The van der Waals surface area contributed by atoms with Crippen LogP contribution in [0.3, 0.4) is 0 Å². The lowest BCUT2D eigenvalue weighted by Crippen LogP contribution is -2.49.